The van der Waals surface area contributed by atoms with Crippen molar-refractivity contribution in [2.75, 3.05) is 0 Å². The summed E-state index contributed by atoms with van der Waals surface area (Å²) in [5, 5.41) is 0. The SMILES string of the molecule is C=C/C=C(\C=C/C)c1ccc(-c2ccc(C)cc2)s1. The van der Waals surface area contributed by atoms with E-state index in [1.165, 1.54) is 26.5 Å². The van der Waals surface area contributed by atoms with Crippen LogP contribution in [0.15, 0.2) is 67.3 Å². The van der Waals surface area contributed by atoms with Gasteiger partial charge >= 0.3 is 0 Å². The summed E-state index contributed by atoms with van der Waals surface area (Å²) in [5.41, 5.74) is 3.78. The van der Waals surface area contributed by atoms with Crippen molar-refractivity contribution in [2.24, 2.45) is 0 Å². The molecule has 0 fully saturated rings. The molecule has 0 atom stereocenters. The van der Waals surface area contributed by atoms with Gasteiger partial charge < -0.3 is 0 Å². The van der Waals surface area contributed by atoms with Crippen molar-refractivity contribution in [3.8, 4) is 10.4 Å². The molecule has 0 saturated carbocycles. The Balaban J connectivity index is 2.35. The van der Waals surface area contributed by atoms with E-state index in [9.17, 15) is 0 Å². The zero-order valence-corrected chi connectivity index (χ0v) is 12.2. The van der Waals surface area contributed by atoms with Crippen molar-refractivity contribution in [3.63, 3.8) is 0 Å². The predicted molar refractivity (Wildman–Crippen MR) is 87.5 cm³/mol. The first-order chi connectivity index (χ1) is 9.24. The average molecular weight is 266 g/mol. The molecule has 0 unspecified atom stereocenters. The number of hydrogen-bond donors (Lipinski definition) is 0. The monoisotopic (exact) mass is 266 g/mol. The van der Waals surface area contributed by atoms with Gasteiger partial charge in [0.1, 0.15) is 0 Å². The maximum Gasteiger partial charge on any atom is 0.0349 e. The second-order valence-electron chi connectivity index (χ2n) is 4.39. The first-order valence-electron chi connectivity index (χ1n) is 6.37. The fourth-order valence-corrected chi connectivity index (χ4v) is 2.91. The van der Waals surface area contributed by atoms with Crippen LogP contribution in [0.5, 0.6) is 0 Å². The van der Waals surface area contributed by atoms with E-state index in [1.807, 2.05) is 30.4 Å². The lowest BCUT2D eigenvalue weighted by Crippen LogP contribution is -1.73. The van der Waals surface area contributed by atoms with Gasteiger partial charge in [-0.3, -0.25) is 0 Å². The maximum atomic E-state index is 3.78. The van der Waals surface area contributed by atoms with E-state index >= 15 is 0 Å². The molecule has 2 aromatic rings. The van der Waals surface area contributed by atoms with E-state index in [1.54, 1.807) is 0 Å². The smallest absolute Gasteiger partial charge is 0.0349 e. The van der Waals surface area contributed by atoms with Crippen LogP contribution >= 0.6 is 11.3 Å². The van der Waals surface area contributed by atoms with Crippen LogP contribution in [-0.4, -0.2) is 0 Å². The Hall–Kier alpha value is -1.86. The zero-order valence-electron chi connectivity index (χ0n) is 11.4. The first-order valence-corrected chi connectivity index (χ1v) is 7.19. The highest BCUT2D eigenvalue weighted by Crippen LogP contribution is 2.32. The third-order valence-electron chi connectivity index (χ3n) is 2.87. The van der Waals surface area contributed by atoms with Gasteiger partial charge in [0.05, 0.1) is 0 Å². The third-order valence-corrected chi connectivity index (χ3v) is 4.05. The molecular formula is C18H18S. The molecule has 0 spiro atoms. The number of hydrogen-bond acceptors (Lipinski definition) is 1. The molecule has 1 aromatic carbocycles. The Kier molecular flexibility index (Phi) is 4.53. The standard InChI is InChI=1S/C18H18S/c1-4-6-15(7-5-2)17-12-13-18(19-17)16-10-8-14(3)9-11-16/h4-13H,1H2,2-3H3/b7-5-,15-6+. The quantitative estimate of drug-likeness (QED) is 0.607. The minimum atomic E-state index is 1.21. The summed E-state index contributed by atoms with van der Waals surface area (Å²) in [6.45, 7) is 7.92. The normalized spacial score (nSPS) is 12.0. The van der Waals surface area contributed by atoms with Gasteiger partial charge in [0.25, 0.3) is 0 Å². The number of allylic oxidation sites excluding steroid dienone is 5. The molecule has 96 valence electrons. The topological polar surface area (TPSA) is 0 Å². The molecule has 0 amide bonds. The first kappa shape index (κ1) is 13.6. The number of aryl methyl sites for hydroxylation is 1. The van der Waals surface area contributed by atoms with Crippen LogP contribution in [0.2, 0.25) is 0 Å². The second-order valence-corrected chi connectivity index (χ2v) is 5.47. The molecule has 2 rings (SSSR count). The van der Waals surface area contributed by atoms with Crippen molar-refractivity contribution >= 4 is 16.9 Å². The molecule has 0 aliphatic rings. The van der Waals surface area contributed by atoms with Crippen LogP contribution in [-0.2, 0) is 0 Å². The Bertz CT molecular complexity index is 609. The maximum absolute atomic E-state index is 3.78. The van der Waals surface area contributed by atoms with Crippen molar-refractivity contribution in [3.05, 3.63) is 77.7 Å². The van der Waals surface area contributed by atoms with Crippen LogP contribution in [0.3, 0.4) is 0 Å². The molecule has 0 nitrogen and oxygen atoms in total. The molecule has 0 radical (unpaired) electrons. The molecule has 0 aliphatic heterocycles. The molecule has 0 bridgehead atoms. The summed E-state index contributed by atoms with van der Waals surface area (Å²) >= 11 is 1.81. The highest BCUT2D eigenvalue weighted by atomic mass is 32.1. The lowest BCUT2D eigenvalue weighted by Gasteiger charge is -1.99. The second kappa shape index (κ2) is 6.35. The minimum Gasteiger partial charge on any atom is -0.135 e. The molecule has 19 heavy (non-hydrogen) atoms. The molecular weight excluding hydrogens is 248 g/mol. The number of rotatable bonds is 4. The number of thiophene rings is 1. The highest BCUT2D eigenvalue weighted by Gasteiger charge is 2.04. The molecule has 1 heteroatoms. The number of benzene rings is 1. The Morgan fingerprint density at radius 3 is 2.47 bits per heavy atom. The molecule has 1 aromatic heterocycles. The Labute approximate surface area is 119 Å². The molecule has 0 aliphatic carbocycles. The van der Waals surface area contributed by atoms with Gasteiger partial charge in [-0.05, 0) is 37.1 Å². The van der Waals surface area contributed by atoms with E-state index in [4.69, 9.17) is 0 Å². The van der Waals surface area contributed by atoms with Gasteiger partial charge in [0.15, 0.2) is 0 Å². The summed E-state index contributed by atoms with van der Waals surface area (Å²) in [7, 11) is 0. The van der Waals surface area contributed by atoms with Crippen molar-refractivity contribution in [1.29, 1.82) is 0 Å². The van der Waals surface area contributed by atoms with Gasteiger partial charge in [0.2, 0.25) is 0 Å². The summed E-state index contributed by atoms with van der Waals surface area (Å²) in [4.78, 5) is 2.57. The summed E-state index contributed by atoms with van der Waals surface area (Å²) in [6, 6.07) is 13.0. The molecule has 0 N–H and O–H groups in total. The fraction of sp³-hybridized carbons (Fsp3) is 0.111. The van der Waals surface area contributed by atoms with Crippen LogP contribution in [0.25, 0.3) is 16.0 Å². The van der Waals surface area contributed by atoms with E-state index in [2.05, 4.69) is 62.1 Å². The van der Waals surface area contributed by atoms with Crippen LogP contribution in [0.1, 0.15) is 17.4 Å². The summed E-state index contributed by atoms with van der Waals surface area (Å²) < 4.78 is 0. The van der Waals surface area contributed by atoms with Gasteiger partial charge in [-0.15, -0.1) is 11.3 Å². The Morgan fingerprint density at radius 1 is 1.11 bits per heavy atom. The molecule has 1 heterocycles. The van der Waals surface area contributed by atoms with Crippen LogP contribution in [0, 0.1) is 6.92 Å². The fourth-order valence-electron chi connectivity index (χ4n) is 1.89. The van der Waals surface area contributed by atoms with Crippen molar-refractivity contribution in [1.82, 2.24) is 0 Å². The van der Waals surface area contributed by atoms with E-state index in [0.29, 0.717) is 0 Å². The predicted octanol–water partition coefficient (Wildman–Crippen LogP) is 5.87. The summed E-state index contributed by atoms with van der Waals surface area (Å²) in [6.07, 6.45) is 8.05. The van der Waals surface area contributed by atoms with Gasteiger partial charge in [-0.1, -0.05) is 60.7 Å². The lowest BCUT2D eigenvalue weighted by atomic mass is 10.1. The zero-order chi connectivity index (χ0) is 13.7. The van der Waals surface area contributed by atoms with Crippen molar-refractivity contribution in [2.45, 2.75) is 13.8 Å². The minimum absolute atomic E-state index is 1.21. The highest BCUT2D eigenvalue weighted by molar-refractivity contribution is 7.16. The molecule has 0 saturated heterocycles. The van der Waals surface area contributed by atoms with Crippen molar-refractivity contribution < 1.29 is 0 Å². The van der Waals surface area contributed by atoms with E-state index in [-0.39, 0.29) is 0 Å². The lowest BCUT2D eigenvalue weighted by molar-refractivity contribution is 1.48. The average Bonchev–Trinajstić information content (AvgIpc) is 2.89. The van der Waals surface area contributed by atoms with Crippen LogP contribution in [0.4, 0.5) is 0 Å². The van der Waals surface area contributed by atoms with Gasteiger partial charge in [-0.25, -0.2) is 0 Å². The van der Waals surface area contributed by atoms with Gasteiger partial charge in [0, 0.05) is 9.75 Å². The van der Waals surface area contributed by atoms with E-state index in [0.717, 1.165) is 0 Å². The largest absolute Gasteiger partial charge is 0.135 e. The van der Waals surface area contributed by atoms with Gasteiger partial charge in [-0.2, -0.15) is 0 Å². The third kappa shape index (κ3) is 3.33. The summed E-state index contributed by atoms with van der Waals surface area (Å²) in [5.74, 6) is 0. The van der Waals surface area contributed by atoms with Crippen LogP contribution < -0.4 is 0 Å². The van der Waals surface area contributed by atoms with E-state index < -0.39 is 0 Å². The Morgan fingerprint density at radius 2 is 1.84 bits per heavy atom.